The van der Waals surface area contributed by atoms with Gasteiger partial charge in [-0.3, -0.25) is 4.79 Å². The van der Waals surface area contributed by atoms with Gasteiger partial charge in [0.2, 0.25) is 0 Å². The van der Waals surface area contributed by atoms with Crippen LogP contribution in [0.15, 0.2) is 24.3 Å². The molecule has 0 spiro atoms. The molecule has 0 aliphatic carbocycles. The van der Waals surface area contributed by atoms with Crippen LogP contribution in [0.4, 0.5) is 4.39 Å². The van der Waals surface area contributed by atoms with E-state index in [2.05, 4.69) is 10.1 Å². The normalized spacial score (nSPS) is 11.7. The second-order valence-electron chi connectivity index (χ2n) is 5.64. The Hall–Kier alpha value is -2.11. The summed E-state index contributed by atoms with van der Waals surface area (Å²) in [5.41, 5.74) is -2.40. The van der Waals surface area contributed by atoms with Crippen molar-refractivity contribution in [2.75, 3.05) is 7.11 Å². The number of hydrogen-bond donors (Lipinski definition) is 1. The van der Waals surface area contributed by atoms with Crippen LogP contribution in [0.5, 0.6) is 5.75 Å². The van der Waals surface area contributed by atoms with Gasteiger partial charge in [-0.15, -0.1) is 0 Å². The number of halogens is 1. The summed E-state index contributed by atoms with van der Waals surface area (Å²) in [6, 6.07) is 5.33. The Kier molecular flexibility index (Phi) is 4.93. The zero-order chi connectivity index (χ0) is 16.3. The average molecular weight is 297 g/mol. The minimum atomic E-state index is -1.23. The number of benzene rings is 1. The van der Waals surface area contributed by atoms with Crippen LogP contribution in [0.2, 0.25) is 0 Å². The maximum atomic E-state index is 12.8. The highest BCUT2D eigenvalue weighted by atomic mass is 19.1. The lowest BCUT2D eigenvalue weighted by Gasteiger charge is -2.30. The van der Waals surface area contributed by atoms with Crippen molar-refractivity contribution in [1.29, 1.82) is 0 Å². The fraction of sp³-hybridized carbons (Fsp3) is 0.467. The van der Waals surface area contributed by atoms with E-state index in [0.717, 1.165) is 0 Å². The molecule has 0 saturated heterocycles. The summed E-state index contributed by atoms with van der Waals surface area (Å²) in [5, 5.41) is 2.57. The zero-order valence-electron chi connectivity index (χ0n) is 12.8. The molecule has 0 unspecified atom stereocenters. The van der Waals surface area contributed by atoms with Crippen LogP contribution in [0.1, 0.15) is 27.7 Å². The van der Waals surface area contributed by atoms with E-state index < -0.39 is 28.8 Å². The number of hydrogen-bond acceptors (Lipinski definition) is 4. The van der Waals surface area contributed by atoms with E-state index in [-0.39, 0.29) is 0 Å². The van der Waals surface area contributed by atoms with Gasteiger partial charge in [-0.2, -0.15) is 0 Å². The summed E-state index contributed by atoms with van der Waals surface area (Å²) in [4.78, 5) is 23.8. The Bertz CT molecular complexity index is 523. The van der Waals surface area contributed by atoms with Gasteiger partial charge in [0, 0.05) is 0 Å². The van der Waals surface area contributed by atoms with Crippen LogP contribution in [-0.2, 0) is 14.3 Å². The average Bonchev–Trinajstić information content (AvgIpc) is 2.39. The van der Waals surface area contributed by atoms with Gasteiger partial charge in [-0.1, -0.05) is 0 Å². The maximum absolute atomic E-state index is 12.8. The summed E-state index contributed by atoms with van der Waals surface area (Å²) in [5.74, 6) is -1.08. The Balaban J connectivity index is 2.80. The molecule has 116 valence electrons. The monoisotopic (exact) mass is 297 g/mol. The van der Waals surface area contributed by atoms with Crippen molar-refractivity contribution in [3.63, 3.8) is 0 Å². The smallest absolute Gasteiger partial charge is 0.330 e. The number of carbonyl (C=O) groups excluding carboxylic acids is 2. The number of esters is 1. The molecule has 0 fully saturated rings. The fourth-order valence-corrected chi connectivity index (χ4v) is 1.58. The van der Waals surface area contributed by atoms with Crippen LogP contribution >= 0.6 is 0 Å². The molecule has 1 rings (SSSR count). The van der Waals surface area contributed by atoms with E-state index in [4.69, 9.17) is 4.74 Å². The first kappa shape index (κ1) is 16.9. The predicted molar refractivity (Wildman–Crippen MR) is 75.3 cm³/mol. The van der Waals surface area contributed by atoms with Gasteiger partial charge in [0.1, 0.15) is 17.1 Å². The van der Waals surface area contributed by atoms with E-state index in [9.17, 15) is 14.0 Å². The van der Waals surface area contributed by atoms with Crippen molar-refractivity contribution < 1.29 is 23.5 Å². The van der Waals surface area contributed by atoms with Gasteiger partial charge in [0.05, 0.1) is 7.11 Å². The number of ether oxygens (including phenoxy) is 2. The number of rotatable bonds is 5. The highest BCUT2D eigenvalue weighted by Crippen LogP contribution is 2.20. The van der Waals surface area contributed by atoms with Crippen LogP contribution < -0.4 is 10.1 Å². The van der Waals surface area contributed by atoms with Crippen LogP contribution in [0.3, 0.4) is 0 Å². The molecule has 0 bridgehead atoms. The van der Waals surface area contributed by atoms with Crippen molar-refractivity contribution in [3.8, 4) is 5.75 Å². The third-order valence-electron chi connectivity index (χ3n) is 2.86. The lowest BCUT2D eigenvalue weighted by Crippen LogP contribution is -2.57. The van der Waals surface area contributed by atoms with Crippen LogP contribution in [0.25, 0.3) is 0 Å². The molecule has 0 atom stereocenters. The van der Waals surface area contributed by atoms with E-state index in [1.165, 1.54) is 45.2 Å². The van der Waals surface area contributed by atoms with Crippen molar-refractivity contribution in [3.05, 3.63) is 30.1 Å². The SMILES string of the molecule is COC(=O)C(C)(C)NC(=O)C(C)(C)Oc1ccc(F)cc1. The Morgan fingerprint density at radius 3 is 2.10 bits per heavy atom. The molecular weight excluding hydrogens is 277 g/mol. The van der Waals surface area contributed by atoms with E-state index in [1.807, 2.05) is 0 Å². The van der Waals surface area contributed by atoms with Crippen molar-refractivity contribution >= 4 is 11.9 Å². The largest absolute Gasteiger partial charge is 0.478 e. The molecule has 1 N–H and O–H groups in total. The first-order chi connectivity index (χ1) is 9.58. The molecule has 0 saturated carbocycles. The highest BCUT2D eigenvalue weighted by molar-refractivity contribution is 5.91. The quantitative estimate of drug-likeness (QED) is 0.845. The molecule has 1 aromatic carbocycles. The minimum absolute atomic E-state index is 0.354. The van der Waals surface area contributed by atoms with Crippen LogP contribution in [0, 0.1) is 5.82 Å². The van der Waals surface area contributed by atoms with Gasteiger partial charge in [0.15, 0.2) is 5.60 Å². The standard InChI is InChI=1S/C15H20FNO4/c1-14(2,13(19)20-5)17-12(18)15(3,4)21-11-8-6-10(16)7-9-11/h6-9H,1-5H3,(H,17,18). The second-order valence-corrected chi connectivity index (χ2v) is 5.64. The van der Waals surface area contributed by atoms with E-state index in [1.54, 1.807) is 13.8 Å². The molecule has 6 heteroatoms. The van der Waals surface area contributed by atoms with E-state index >= 15 is 0 Å². The first-order valence-corrected chi connectivity index (χ1v) is 6.44. The number of methoxy groups -OCH3 is 1. The molecule has 0 aromatic heterocycles. The number of nitrogens with one attached hydrogen (secondary N) is 1. The third kappa shape index (κ3) is 4.44. The fourth-order valence-electron chi connectivity index (χ4n) is 1.58. The predicted octanol–water partition coefficient (Wildman–Crippen LogP) is 2.05. The van der Waals surface area contributed by atoms with E-state index in [0.29, 0.717) is 5.75 Å². The van der Waals surface area contributed by atoms with Crippen molar-refractivity contribution in [2.24, 2.45) is 0 Å². The molecule has 21 heavy (non-hydrogen) atoms. The van der Waals surface area contributed by atoms with Gasteiger partial charge in [-0.05, 0) is 52.0 Å². The van der Waals surface area contributed by atoms with Crippen molar-refractivity contribution in [1.82, 2.24) is 5.32 Å². The lowest BCUT2D eigenvalue weighted by atomic mass is 10.0. The Labute approximate surface area is 123 Å². The van der Waals surface area contributed by atoms with Gasteiger partial charge >= 0.3 is 5.97 Å². The summed E-state index contributed by atoms with van der Waals surface area (Å²) < 4.78 is 23.0. The minimum Gasteiger partial charge on any atom is -0.478 e. The molecule has 5 nitrogen and oxygen atoms in total. The lowest BCUT2D eigenvalue weighted by molar-refractivity contribution is -0.151. The highest BCUT2D eigenvalue weighted by Gasteiger charge is 2.37. The summed E-state index contributed by atoms with van der Waals surface area (Å²) in [6.07, 6.45) is 0. The van der Waals surface area contributed by atoms with Gasteiger partial charge in [0.25, 0.3) is 5.91 Å². The molecule has 1 amide bonds. The van der Waals surface area contributed by atoms with Gasteiger partial charge in [-0.25, -0.2) is 9.18 Å². The van der Waals surface area contributed by atoms with Crippen molar-refractivity contribution in [2.45, 2.75) is 38.8 Å². The summed E-state index contributed by atoms with van der Waals surface area (Å²) in [7, 11) is 1.25. The molecule has 0 aliphatic heterocycles. The summed E-state index contributed by atoms with van der Waals surface area (Å²) >= 11 is 0. The van der Waals surface area contributed by atoms with Crippen LogP contribution in [-0.4, -0.2) is 30.1 Å². The molecular formula is C15H20FNO4. The third-order valence-corrected chi connectivity index (χ3v) is 2.86. The Morgan fingerprint density at radius 2 is 1.62 bits per heavy atom. The number of carbonyl (C=O) groups is 2. The molecule has 0 heterocycles. The Morgan fingerprint density at radius 1 is 1.10 bits per heavy atom. The topological polar surface area (TPSA) is 64.6 Å². The number of amides is 1. The first-order valence-electron chi connectivity index (χ1n) is 6.44. The zero-order valence-corrected chi connectivity index (χ0v) is 12.8. The molecule has 0 radical (unpaired) electrons. The maximum Gasteiger partial charge on any atom is 0.330 e. The summed E-state index contributed by atoms with van der Waals surface area (Å²) in [6.45, 7) is 6.17. The second kappa shape index (κ2) is 6.11. The molecule has 1 aromatic rings. The molecule has 0 aliphatic rings. The van der Waals surface area contributed by atoms with Gasteiger partial charge < -0.3 is 14.8 Å².